The minimum Gasteiger partial charge on any atom is -0.426 e. The molecule has 4 rings (SSSR count). The Labute approximate surface area is 185 Å². The van der Waals surface area contributed by atoms with Gasteiger partial charge >= 0.3 is 5.97 Å². The lowest BCUT2D eigenvalue weighted by molar-refractivity contribution is -0.140. The van der Waals surface area contributed by atoms with Crippen LogP contribution >= 0.6 is 11.6 Å². The van der Waals surface area contributed by atoms with Crippen molar-refractivity contribution >= 4 is 38.4 Å². The van der Waals surface area contributed by atoms with Crippen molar-refractivity contribution in [2.75, 3.05) is 13.1 Å². The molecule has 0 unspecified atom stereocenters. The first kappa shape index (κ1) is 21.3. The number of piperidine rings is 1. The van der Waals surface area contributed by atoms with Crippen molar-refractivity contribution in [1.29, 1.82) is 5.26 Å². The highest BCUT2D eigenvalue weighted by Crippen LogP contribution is 2.33. The molecule has 0 spiro atoms. The van der Waals surface area contributed by atoms with Gasteiger partial charge in [-0.2, -0.15) is 9.57 Å². The molecule has 0 saturated carbocycles. The molecule has 1 saturated heterocycles. The highest BCUT2D eigenvalue weighted by molar-refractivity contribution is 7.89. The smallest absolute Gasteiger partial charge is 0.314 e. The third-order valence-electron chi connectivity index (χ3n) is 5.45. The van der Waals surface area contributed by atoms with E-state index < -0.39 is 15.9 Å². The van der Waals surface area contributed by atoms with Gasteiger partial charge in [0, 0.05) is 28.9 Å². The highest BCUT2D eigenvalue weighted by atomic mass is 35.5. The molecule has 0 amide bonds. The highest BCUT2D eigenvalue weighted by Gasteiger charge is 2.34. The summed E-state index contributed by atoms with van der Waals surface area (Å²) in [6.45, 7) is 0.368. The molecule has 1 fully saturated rings. The average Bonchev–Trinajstić information content (AvgIpc) is 2.81. The van der Waals surface area contributed by atoms with Gasteiger partial charge in [-0.05, 0) is 37.1 Å². The number of nitriles is 1. The van der Waals surface area contributed by atoms with Gasteiger partial charge in [0.1, 0.15) is 11.8 Å². The van der Waals surface area contributed by atoms with E-state index in [0.29, 0.717) is 23.6 Å². The van der Waals surface area contributed by atoms with E-state index >= 15 is 0 Å². The van der Waals surface area contributed by atoms with Crippen LogP contribution in [0, 0.1) is 17.2 Å². The molecule has 0 bridgehead atoms. The number of benzene rings is 3. The van der Waals surface area contributed by atoms with Gasteiger partial charge in [0.2, 0.25) is 10.0 Å². The molecule has 1 aliphatic heterocycles. The number of sulfonamides is 1. The molecule has 8 heteroatoms. The SMILES string of the molecule is N#Cc1ccccc1S(=O)(=O)N1CCC(C(=O)Oc2ccc(Cl)c3ccccc23)CC1. The molecule has 0 N–H and O–H groups in total. The molecule has 3 aromatic carbocycles. The van der Waals surface area contributed by atoms with Crippen LogP contribution in [0.5, 0.6) is 5.75 Å². The van der Waals surface area contributed by atoms with Crippen LogP contribution in [0.1, 0.15) is 18.4 Å². The molecule has 3 aromatic rings. The van der Waals surface area contributed by atoms with Gasteiger partial charge in [0.15, 0.2) is 0 Å². The van der Waals surface area contributed by atoms with Crippen molar-refractivity contribution in [3.05, 3.63) is 71.2 Å². The number of hydrogen-bond donors (Lipinski definition) is 0. The van der Waals surface area contributed by atoms with Crippen LogP contribution in [0.15, 0.2) is 65.6 Å². The number of ether oxygens (including phenoxy) is 1. The Morgan fingerprint density at radius 1 is 1.00 bits per heavy atom. The molecule has 1 heterocycles. The van der Waals surface area contributed by atoms with E-state index in [9.17, 15) is 18.5 Å². The van der Waals surface area contributed by atoms with Crippen molar-refractivity contribution in [2.24, 2.45) is 5.92 Å². The van der Waals surface area contributed by atoms with Gasteiger partial charge < -0.3 is 4.74 Å². The van der Waals surface area contributed by atoms with E-state index in [0.717, 1.165) is 10.8 Å². The standard InChI is InChI=1S/C23H19ClN2O4S/c24-20-9-10-21(19-7-3-2-6-18(19)20)30-23(27)16-11-13-26(14-12-16)31(28,29)22-8-4-1-5-17(22)15-25/h1-10,16H,11-14H2. The average molecular weight is 455 g/mol. The van der Waals surface area contributed by atoms with E-state index in [-0.39, 0.29) is 29.5 Å². The van der Waals surface area contributed by atoms with Crippen LogP contribution < -0.4 is 4.74 Å². The maximum absolute atomic E-state index is 13.0. The van der Waals surface area contributed by atoms with Crippen molar-refractivity contribution in [1.82, 2.24) is 4.31 Å². The van der Waals surface area contributed by atoms with Crippen LogP contribution in [-0.4, -0.2) is 31.8 Å². The number of nitrogens with zero attached hydrogens (tertiary/aromatic N) is 2. The lowest BCUT2D eigenvalue weighted by Gasteiger charge is -2.30. The van der Waals surface area contributed by atoms with Gasteiger partial charge in [-0.25, -0.2) is 8.42 Å². The number of carbonyl (C=O) groups excluding carboxylic acids is 1. The minimum absolute atomic E-state index is 0.00818. The van der Waals surface area contributed by atoms with E-state index in [1.165, 1.54) is 16.4 Å². The van der Waals surface area contributed by atoms with Gasteiger partial charge in [0.05, 0.1) is 16.4 Å². The third kappa shape index (κ3) is 4.15. The second-order valence-corrected chi connectivity index (χ2v) is 9.61. The fourth-order valence-corrected chi connectivity index (χ4v) is 5.61. The molecular formula is C23H19ClN2O4S. The van der Waals surface area contributed by atoms with Crippen LogP contribution in [0.3, 0.4) is 0 Å². The molecular weight excluding hydrogens is 436 g/mol. The van der Waals surface area contributed by atoms with E-state index in [1.54, 1.807) is 24.3 Å². The first-order valence-corrected chi connectivity index (χ1v) is 11.6. The van der Waals surface area contributed by atoms with Crippen molar-refractivity contribution in [3.63, 3.8) is 0 Å². The molecule has 0 aromatic heterocycles. The monoisotopic (exact) mass is 454 g/mol. The maximum atomic E-state index is 13.0. The van der Waals surface area contributed by atoms with Gasteiger partial charge in [-0.1, -0.05) is 48.0 Å². The van der Waals surface area contributed by atoms with Crippen LogP contribution in [0.2, 0.25) is 5.02 Å². The Hall–Kier alpha value is -2.92. The Kier molecular flexibility index (Phi) is 5.96. The predicted molar refractivity (Wildman–Crippen MR) is 117 cm³/mol. The van der Waals surface area contributed by atoms with Gasteiger partial charge in [-0.15, -0.1) is 0 Å². The predicted octanol–water partition coefficient (Wildman–Crippen LogP) is 4.37. The number of esters is 1. The number of fused-ring (bicyclic) bond motifs is 1. The van der Waals surface area contributed by atoms with Gasteiger partial charge in [-0.3, -0.25) is 4.79 Å². The topological polar surface area (TPSA) is 87.5 Å². The van der Waals surface area contributed by atoms with Gasteiger partial charge in [0.25, 0.3) is 0 Å². The molecule has 31 heavy (non-hydrogen) atoms. The van der Waals surface area contributed by atoms with Crippen LogP contribution in [-0.2, 0) is 14.8 Å². The van der Waals surface area contributed by atoms with E-state index in [2.05, 4.69) is 0 Å². The van der Waals surface area contributed by atoms with Crippen molar-refractivity contribution in [2.45, 2.75) is 17.7 Å². The molecule has 1 aliphatic rings. The number of carbonyl (C=O) groups is 1. The Morgan fingerprint density at radius 3 is 2.35 bits per heavy atom. The van der Waals surface area contributed by atoms with Crippen LogP contribution in [0.4, 0.5) is 0 Å². The second kappa shape index (κ2) is 8.67. The Morgan fingerprint density at radius 2 is 1.65 bits per heavy atom. The number of rotatable bonds is 4. The Bertz CT molecular complexity index is 1290. The lowest BCUT2D eigenvalue weighted by atomic mass is 9.98. The van der Waals surface area contributed by atoms with E-state index in [1.807, 2.05) is 30.3 Å². The van der Waals surface area contributed by atoms with Crippen LogP contribution in [0.25, 0.3) is 10.8 Å². The zero-order valence-corrected chi connectivity index (χ0v) is 18.1. The summed E-state index contributed by atoms with van der Waals surface area (Å²) in [4.78, 5) is 12.7. The third-order valence-corrected chi connectivity index (χ3v) is 7.74. The Balaban J connectivity index is 1.47. The fraction of sp³-hybridized carbons (Fsp3) is 0.217. The lowest BCUT2D eigenvalue weighted by Crippen LogP contribution is -2.41. The summed E-state index contributed by atoms with van der Waals surface area (Å²) in [5.41, 5.74) is 0.110. The maximum Gasteiger partial charge on any atom is 0.314 e. The zero-order chi connectivity index (χ0) is 22.0. The normalized spacial score (nSPS) is 15.5. The summed E-state index contributed by atoms with van der Waals surface area (Å²) in [5, 5.41) is 11.3. The molecule has 0 radical (unpaired) electrons. The molecule has 158 valence electrons. The summed E-state index contributed by atoms with van der Waals surface area (Å²) >= 11 is 6.22. The summed E-state index contributed by atoms with van der Waals surface area (Å²) < 4.78 is 32.9. The molecule has 6 nitrogen and oxygen atoms in total. The minimum atomic E-state index is -3.80. The summed E-state index contributed by atoms with van der Waals surface area (Å²) in [7, 11) is -3.80. The first-order valence-electron chi connectivity index (χ1n) is 9.80. The largest absolute Gasteiger partial charge is 0.426 e. The summed E-state index contributed by atoms with van der Waals surface area (Å²) in [5.74, 6) is -0.364. The summed E-state index contributed by atoms with van der Waals surface area (Å²) in [6, 6.07) is 18.8. The first-order chi connectivity index (χ1) is 14.9. The zero-order valence-electron chi connectivity index (χ0n) is 16.5. The van der Waals surface area contributed by atoms with Crippen molar-refractivity contribution < 1.29 is 17.9 Å². The quantitative estimate of drug-likeness (QED) is 0.431. The van der Waals surface area contributed by atoms with E-state index in [4.69, 9.17) is 16.3 Å². The summed E-state index contributed by atoms with van der Waals surface area (Å²) in [6.07, 6.45) is 0.691. The number of hydrogen-bond acceptors (Lipinski definition) is 5. The number of halogens is 1. The fourth-order valence-electron chi connectivity index (χ4n) is 3.77. The molecule has 0 aliphatic carbocycles. The van der Waals surface area contributed by atoms with Crippen molar-refractivity contribution in [3.8, 4) is 11.8 Å². The molecule has 0 atom stereocenters. The second-order valence-electron chi connectivity index (χ2n) is 7.30.